The number of allylic oxidation sites excluding steroid dienone is 2. The number of rotatable bonds is 3. The highest BCUT2D eigenvalue weighted by Crippen LogP contribution is 1.77. The first-order valence-corrected chi connectivity index (χ1v) is 3.92. The van der Waals surface area contributed by atoms with E-state index in [-0.39, 0.29) is 0 Å². The Bertz CT molecular complexity index is 204. The quantitative estimate of drug-likeness (QED) is 0.169. The van der Waals surface area contributed by atoms with Gasteiger partial charge in [0.1, 0.15) is 0 Å². The first kappa shape index (κ1) is 18.0. The summed E-state index contributed by atoms with van der Waals surface area (Å²) in [4.78, 5) is 8.74. The van der Waals surface area contributed by atoms with Crippen LogP contribution in [0, 0.1) is 0 Å². The van der Waals surface area contributed by atoms with Crippen LogP contribution in [0.15, 0.2) is 62.5 Å². The molecule has 0 fully saturated rings. The summed E-state index contributed by atoms with van der Waals surface area (Å²) in [6, 6.07) is 0. The van der Waals surface area contributed by atoms with E-state index in [9.17, 15) is 0 Å². The van der Waals surface area contributed by atoms with Crippen LogP contribution in [-0.2, 0) is 9.78 Å². The highest BCUT2D eigenvalue weighted by atomic mass is 17.2. The van der Waals surface area contributed by atoms with Gasteiger partial charge in [-0.2, -0.15) is 0 Å². The smallest absolute Gasteiger partial charge is 0.184 e. The lowest BCUT2D eigenvalue weighted by atomic mass is 10.7. The normalized spacial score (nSPS) is 5.00. The van der Waals surface area contributed by atoms with E-state index in [1.807, 2.05) is 13.8 Å². The summed E-state index contributed by atoms with van der Waals surface area (Å²) in [5.74, 6) is 0. The van der Waals surface area contributed by atoms with E-state index in [0.717, 1.165) is 0 Å². The molecule has 0 rings (SSSR count). The molecule has 78 valence electrons. The van der Waals surface area contributed by atoms with Crippen molar-refractivity contribution in [2.45, 2.75) is 13.8 Å². The molecule has 0 aliphatic heterocycles. The maximum absolute atomic E-state index is 4.39. The topological polar surface area (TPSA) is 18.5 Å². The second-order valence-corrected chi connectivity index (χ2v) is 1.50. The van der Waals surface area contributed by atoms with Gasteiger partial charge in [0.15, 0.2) is 12.5 Å². The second kappa shape index (κ2) is 30.4. The van der Waals surface area contributed by atoms with E-state index >= 15 is 0 Å². The minimum Gasteiger partial charge on any atom is -0.289 e. The van der Waals surface area contributed by atoms with Crippen LogP contribution in [-0.4, -0.2) is 0 Å². The lowest BCUT2D eigenvalue weighted by Crippen LogP contribution is -1.71. The third-order valence-corrected chi connectivity index (χ3v) is 0.470. The molecule has 0 unspecified atom stereocenters. The van der Waals surface area contributed by atoms with Crippen molar-refractivity contribution >= 4 is 0 Å². The SMILES string of the molecule is C=C.C=C=COOC=C=CC.C=CC. The maximum atomic E-state index is 4.39. The Morgan fingerprint density at radius 1 is 1.07 bits per heavy atom. The molecule has 2 nitrogen and oxygen atoms in total. The highest BCUT2D eigenvalue weighted by Gasteiger charge is 1.64. The van der Waals surface area contributed by atoms with Crippen molar-refractivity contribution in [2.75, 3.05) is 0 Å². The van der Waals surface area contributed by atoms with Crippen molar-refractivity contribution in [3.8, 4) is 0 Å². The summed E-state index contributed by atoms with van der Waals surface area (Å²) >= 11 is 0. The molecule has 0 atom stereocenters. The zero-order chi connectivity index (χ0) is 11.7. The molecule has 0 saturated carbocycles. The van der Waals surface area contributed by atoms with Crippen LogP contribution in [0.1, 0.15) is 13.8 Å². The van der Waals surface area contributed by atoms with Gasteiger partial charge in [-0.15, -0.1) is 19.7 Å². The van der Waals surface area contributed by atoms with Gasteiger partial charge in [-0.25, -0.2) is 0 Å². The molecule has 0 saturated heterocycles. The van der Waals surface area contributed by atoms with Crippen molar-refractivity contribution in [2.24, 2.45) is 0 Å². The second-order valence-electron chi connectivity index (χ2n) is 1.50. The molecule has 0 spiro atoms. The Morgan fingerprint density at radius 3 is 1.86 bits per heavy atom. The molecule has 2 heteroatoms. The molecular weight excluding hydrogens is 176 g/mol. The lowest BCUT2D eigenvalue weighted by molar-refractivity contribution is -0.195. The zero-order valence-corrected chi connectivity index (χ0v) is 8.95. The molecule has 0 radical (unpaired) electrons. The van der Waals surface area contributed by atoms with E-state index < -0.39 is 0 Å². The van der Waals surface area contributed by atoms with Crippen LogP contribution in [0.3, 0.4) is 0 Å². The van der Waals surface area contributed by atoms with Gasteiger partial charge in [0, 0.05) is 0 Å². The Labute approximate surface area is 86.8 Å². The fraction of sp³-hybridized carbons (Fsp3) is 0.167. The van der Waals surface area contributed by atoms with Crippen molar-refractivity contribution in [1.82, 2.24) is 0 Å². The van der Waals surface area contributed by atoms with Crippen molar-refractivity contribution in [3.05, 3.63) is 62.5 Å². The number of hydrogen-bond acceptors (Lipinski definition) is 2. The molecule has 0 aliphatic rings. The van der Waals surface area contributed by atoms with Gasteiger partial charge in [-0.1, -0.05) is 24.1 Å². The number of hydrogen-bond donors (Lipinski definition) is 0. The third kappa shape index (κ3) is 49.6. The fourth-order valence-electron chi connectivity index (χ4n) is 0.185. The van der Waals surface area contributed by atoms with E-state index in [1.54, 1.807) is 12.2 Å². The molecular formula is C12H18O2. The van der Waals surface area contributed by atoms with E-state index in [2.05, 4.69) is 47.6 Å². The lowest BCUT2D eigenvalue weighted by Gasteiger charge is -1.87. The zero-order valence-electron chi connectivity index (χ0n) is 8.95. The first-order chi connectivity index (χ1) is 6.83. The highest BCUT2D eigenvalue weighted by molar-refractivity contribution is 4.73. The van der Waals surface area contributed by atoms with Gasteiger partial charge >= 0.3 is 0 Å². The van der Waals surface area contributed by atoms with Crippen LogP contribution in [0.25, 0.3) is 0 Å². The molecule has 0 aromatic rings. The summed E-state index contributed by atoms with van der Waals surface area (Å²) in [5, 5.41) is 0. The fourth-order valence-corrected chi connectivity index (χ4v) is 0.185. The largest absolute Gasteiger partial charge is 0.289 e. The van der Waals surface area contributed by atoms with Gasteiger partial charge in [0.2, 0.25) is 0 Å². The average molecular weight is 194 g/mol. The Hall–Kier alpha value is -1.88. The molecule has 0 aromatic carbocycles. The van der Waals surface area contributed by atoms with Crippen molar-refractivity contribution < 1.29 is 9.78 Å². The van der Waals surface area contributed by atoms with E-state index in [4.69, 9.17) is 0 Å². The standard InChI is InChI=1S/C7H8O2.C3H6.C2H4/c1-3-5-7-9-8-6-4-2;1-3-2;1-2/h3,6-7H,2H2,1H3;3H,1H2,2H3;1-2H2. The van der Waals surface area contributed by atoms with Gasteiger partial charge in [-0.3, -0.25) is 9.78 Å². The summed E-state index contributed by atoms with van der Waals surface area (Å²) in [7, 11) is 0. The van der Waals surface area contributed by atoms with E-state index in [0.29, 0.717) is 0 Å². The Balaban J connectivity index is -0.000000205. The van der Waals surface area contributed by atoms with Crippen LogP contribution in [0.2, 0.25) is 0 Å². The van der Waals surface area contributed by atoms with Crippen LogP contribution >= 0.6 is 0 Å². The predicted octanol–water partition coefficient (Wildman–Crippen LogP) is 3.92. The molecule has 0 N–H and O–H groups in total. The van der Waals surface area contributed by atoms with Gasteiger partial charge in [0.05, 0.1) is 0 Å². The first-order valence-electron chi connectivity index (χ1n) is 3.92. The minimum atomic E-state index is 1.20. The summed E-state index contributed by atoms with van der Waals surface area (Å²) in [6.45, 7) is 16.3. The minimum absolute atomic E-state index is 1.20. The summed E-state index contributed by atoms with van der Waals surface area (Å²) in [6.07, 6.45) is 5.93. The third-order valence-electron chi connectivity index (χ3n) is 0.470. The van der Waals surface area contributed by atoms with Gasteiger partial charge in [-0.05, 0) is 19.9 Å². The molecule has 14 heavy (non-hydrogen) atoms. The Kier molecular flexibility index (Phi) is 39.1. The molecule has 0 amide bonds. The van der Waals surface area contributed by atoms with Gasteiger partial charge in [0.25, 0.3) is 0 Å². The van der Waals surface area contributed by atoms with Crippen LogP contribution < -0.4 is 0 Å². The summed E-state index contributed by atoms with van der Waals surface area (Å²) in [5.41, 5.74) is 5.01. The Morgan fingerprint density at radius 2 is 1.50 bits per heavy atom. The molecule has 0 aliphatic carbocycles. The van der Waals surface area contributed by atoms with Crippen molar-refractivity contribution in [3.63, 3.8) is 0 Å². The predicted molar refractivity (Wildman–Crippen MR) is 61.3 cm³/mol. The molecule has 0 aromatic heterocycles. The van der Waals surface area contributed by atoms with Crippen molar-refractivity contribution in [1.29, 1.82) is 0 Å². The van der Waals surface area contributed by atoms with Crippen LogP contribution in [0.5, 0.6) is 0 Å². The average Bonchev–Trinajstić information content (AvgIpc) is 2.22. The monoisotopic (exact) mass is 194 g/mol. The molecule has 0 bridgehead atoms. The maximum Gasteiger partial charge on any atom is 0.184 e. The van der Waals surface area contributed by atoms with Crippen LogP contribution in [0.4, 0.5) is 0 Å². The molecule has 0 heterocycles. The summed E-state index contributed by atoms with van der Waals surface area (Å²) < 4.78 is 0. The van der Waals surface area contributed by atoms with E-state index in [1.165, 1.54) is 12.5 Å². The van der Waals surface area contributed by atoms with Gasteiger partial charge < -0.3 is 0 Å².